The van der Waals surface area contributed by atoms with Crippen LogP contribution in [0.15, 0.2) is 35.5 Å². The molecule has 4 nitrogen and oxygen atoms in total. The van der Waals surface area contributed by atoms with Gasteiger partial charge in [-0.25, -0.2) is 0 Å². The van der Waals surface area contributed by atoms with Crippen molar-refractivity contribution < 1.29 is 4.79 Å². The number of allylic oxidation sites excluding steroid dienone is 1. The molecule has 0 fully saturated rings. The molecule has 0 atom stereocenters. The molecule has 0 radical (unpaired) electrons. The third-order valence-corrected chi connectivity index (χ3v) is 2.12. The van der Waals surface area contributed by atoms with Crippen molar-refractivity contribution >= 4 is 11.6 Å². The lowest BCUT2D eigenvalue weighted by Gasteiger charge is -2.07. The molecule has 0 aliphatic heterocycles. The van der Waals surface area contributed by atoms with Gasteiger partial charge in [-0.2, -0.15) is 5.26 Å². The maximum absolute atomic E-state index is 10.9. The zero-order chi connectivity index (χ0) is 12.1. The van der Waals surface area contributed by atoms with Gasteiger partial charge in [0.1, 0.15) is 11.6 Å². The van der Waals surface area contributed by atoms with Crippen molar-refractivity contribution in [1.29, 1.82) is 5.26 Å². The number of carbonyl (C=O) groups excluding carboxylic acids is 1. The molecule has 0 aromatic heterocycles. The molecule has 1 aromatic rings. The van der Waals surface area contributed by atoms with E-state index in [1.165, 1.54) is 0 Å². The first-order valence-electron chi connectivity index (χ1n) is 4.79. The van der Waals surface area contributed by atoms with Crippen molar-refractivity contribution in [1.82, 2.24) is 0 Å². The zero-order valence-electron chi connectivity index (χ0n) is 9.24. The fourth-order valence-corrected chi connectivity index (χ4v) is 1.24. The Morgan fingerprint density at radius 1 is 1.38 bits per heavy atom. The quantitative estimate of drug-likeness (QED) is 0.594. The highest BCUT2D eigenvalue weighted by Gasteiger charge is 2.08. The van der Waals surface area contributed by atoms with Crippen molar-refractivity contribution in [2.24, 2.45) is 5.73 Å². The topological polar surface area (TPSA) is 78.9 Å². The minimum atomic E-state index is -0.723. The third kappa shape index (κ3) is 2.85. The Morgan fingerprint density at radius 2 is 1.94 bits per heavy atom. The van der Waals surface area contributed by atoms with Crippen molar-refractivity contribution in [3.63, 3.8) is 0 Å². The summed E-state index contributed by atoms with van der Waals surface area (Å²) >= 11 is 0. The average molecular weight is 215 g/mol. The molecule has 0 saturated carbocycles. The summed E-state index contributed by atoms with van der Waals surface area (Å²) in [5, 5.41) is 11.7. The van der Waals surface area contributed by atoms with E-state index in [4.69, 9.17) is 11.0 Å². The van der Waals surface area contributed by atoms with Crippen LogP contribution in [-0.2, 0) is 4.79 Å². The fraction of sp³-hybridized carbons (Fsp3) is 0.167. The lowest BCUT2D eigenvalue weighted by molar-refractivity contribution is -0.114. The molecular formula is C12H13N3O. The lowest BCUT2D eigenvalue weighted by Crippen LogP contribution is -2.16. The SMILES string of the molecule is C/C(Nc1ccc(C)cc1)=C(\C#N)C(N)=O. The Hall–Kier alpha value is -2.28. The van der Waals surface area contributed by atoms with Gasteiger partial charge in [0.25, 0.3) is 5.91 Å². The molecule has 0 bridgehead atoms. The van der Waals surface area contributed by atoms with Gasteiger partial charge in [-0.3, -0.25) is 4.79 Å². The van der Waals surface area contributed by atoms with Crippen LogP contribution in [-0.4, -0.2) is 5.91 Å². The molecular weight excluding hydrogens is 202 g/mol. The predicted molar refractivity (Wildman–Crippen MR) is 62.3 cm³/mol. The molecule has 16 heavy (non-hydrogen) atoms. The maximum atomic E-state index is 10.9. The Kier molecular flexibility index (Phi) is 3.67. The third-order valence-electron chi connectivity index (χ3n) is 2.12. The number of benzene rings is 1. The van der Waals surface area contributed by atoms with Crippen LogP contribution < -0.4 is 11.1 Å². The Labute approximate surface area is 94.4 Å². The molecule has 4 heteroatoms. The van der Waals surface area contributed by atoms with Crippen LogP contribution in [0.1, 0.15) is 12.5 Å². The number of amides is 1. The number of hydrogen-bond acceptors (Lipinski definition) is 3. The van der Waals surface area contributed by atoms with E-state index in [0.717, 1.165) is 11.3 Å². The van der Waals surface area contributed by atoms with Crippen LogP contribution >= 0.6 is 0 Å². The lowest BCUT2D eigenvalue weighted by atomic mass is 10.2. The highest BCUT2D eigenvalue weighted by Crippen LogP contribution is 2.13. The number of rotatable bonds is 3. The van der Waals surface area contributed by atoms with E-state index in [1.54, 1.807) is 13.0 Å². The average Bonchev–Trinajstić information content (AvgIpc) is 2.22. The van der Waals surface area contributed by atoms with Gasteiger partial charge in [0.2, 0.25) is 0 Å². The van der Waals surface area contributed by atoms with Gasteiger partial charge in [0, 0.05) is 11.4 Å². The van der Waals surface area contributed by atoms with E-state index in [-0.39, 0.29) is 5.57 Å². The van der Waals surface area contributed by atoms with Gasteiger partial charge < -0.3 is 11.1 Å². The number of nitrogens with zero attached hydrogens (tertiary/aromatic N) is 1. The van der Waals surface area contributed by atoms with Gasteiger partial charge >= 0.3 is 0 Å². The number of nitrogens with two attached hydrogens (primary N) is 1. The van der Waals surface area contributed by atoms with E-state index in [2.05, 4.69) is 5.32 Å². The fourth-order valence-electron chi connectivity index (χ4n) is 1.24. The molecule has 82 valence electrons. The van der Waals surface area contributed by atoms with E-state index in [1.807, 2.05) is 31.2 Å². The molecule has 0 aliphatic rings. The van der Waals surface area contributed by atoms with Crippen molar-refractivity contribution in [2.45, 2.75) is 13.8 Å². The molecule has 0 spiro atoms. The number of carbonyl (C=O) groups is 1. The van der Waals surface area contributed by atoms with Crippen LogP contribution in [0.3, 0.4) is 0 Å². The second kappa shape index (κ2) is 4.99. The van der Waals surface area contributed by atoms with E-state index in [0.29, 0.717) is 5.70 Å². The first-order valence-corrected chi connectivity index (χ1v) is 4.79. The monoisotopic (exact) mass is 215 g/mol. The highest BCUT2D eigenvalue weighted by molar-refractivity contribution is 5.97. The van der Waals surface area contributed by atoms with E-state index < -0.39 is 5.91 Å². The molecule has 0 saturated heterocycles. The molecule has 0 unspecified atom stereocenters. The summed E-state index contributed by atoms with van der Waals surface area (Å²) < 4.78 is 0. The Morgan fingerprint density at radius 3 is 2.38 bits per heavy atom. The summed E-state index contributed by atoms with van der Waals surface area (Å²) in [7, 11) is 0. The van der Waals surface area contributed by atoms with E-state index in [9.17, 15) is 4.79 Å². The second-order valence-corrected chi connectivity index (χ2v) is 3.47. The van der Waals surface area contributed by atoms with Crippen molar-refractivity contribution in [3.05, 3.63) is 41.1 Å². The Bertz CT molecular complexity index is 466. The number of nitriles is 1. The molecule has 0 heterocycles. The molecule has 3 N–H and O–H groups in total. The zero-order valence-corrected chi connectivity index (χ0v) is 9.24. The van der Waals surface area contributed by atoms with Gasteiger partial charge in [-0.1, -0.05) is 17.7 Å². The normalized spacial score (nSPS) is 11.3. The first kappa shape index (κ1) is 11.8. The number of aryl methyl sites for hydroxylation is 1. The van der Waals surface area contributed by atoms with Crippen LogP contribution in [0.4, 0.5) is 5.69 Å². The first-order chi connectivity index (χ1) is 7.54. The van der Waals surface area contributed by atoms with Crippen molar-refractivity contribution in [3.8, 4) is 6.07 Å². The standard InChI is InChI=1S/C12H13N3O/c1-8-3-5-10(6-4-8)15-9(2)11(7-13)12(14)16/h3-6,15H,1-2H3,(H2,14,16)/b11-9-. The molecule has 1 amide bonds. The van der Waals surface area contributed by atoms with Gasteiger partial charge in [0.05, 0.1) is 0 Å². The summed E-state index contributed by atoms with van der Waals surface area (Å²) in [6.07, 6.45) is 0. The summed E-state index contributed by atoms with van der Waals surface area (Å²) in [6.45, 7) is 3.62. The van der Waals surface area contributed by atoms with Crippen molar-refractivity contribution in [2.75, 3.05) is 5.32 Å². The van der Waals surface area contributed by atoms with Gasteiger partial charge in [-0.15, -0.1) is 0 Å². The molecule has 1 rings (SSSR count). The van der Waals surface area contributed by atoms with Crippen LogP contribution in [0.25, 0.3) is 0 Å². The van der Waals surface area contributed by atoms with Crippen LogP contribution in [0.2, 0.25) is 0 Å². The number of nitrogens with one attached hydrogen (secondary N) is 1. The summed E-state index contributed by atoms with van der Waals surface area (Å²) in [6, 6.07) is 9.39. The number of primary amides is 1. The second-order valence-electron chi connectivity index (χ2n) is 3.47. The minimum Gasteiger partial charge on any atom is -0.365 e. The van der Waals surface area contributed by atoms with Crippen LogP contribution in [0.5, 0.6) is 0 Å². The van der Waals surface area contributed by atoms with E-state index >= 15 is 0 Å². The largest absolute Gasteiger partial charge is 0.365 e. The van der Waals surface area contributed by atoms with Gasteiger partial charge in [0.15, 0.2) is 0 Å². The number of anilines is 1. The maximum Gasteiger partial charge on any atom is 0.261 e. The van der Waals surface area contributed by atoms with Crippen LogP contribution in [0, 0.1) is 18.3 Å². The number of hydrogen-bond donors (Lipinski definition) is 2. The minimum absolute atomic E-state index is 0.0550. The smallest absolute Gasteiger partial charge is 0.261 e. The highest BCUT2D eigenvalue weighted by atomic mass is 16.1. The molecule has 0 aliphatic carbocycles. The Balaban J connectivity index is 2.93. The summed E-state index contributed by atoms with van der Waals surface area (Å²) in [5.41, 5.74) is 7.43. The summed E-state index contributed by atoms with van der Waals surface area (Å²) in [5.74, 6) is -0.723. The summed E-state index contributed by atoms with van der Waals surface area (Å²) in [4.78, 5) is 10.9. The van der Waals surface area contributed by atoms with Gasteiger partial charge in [-0.05, 0) is 26.0 Å². The molecule has 1 aromatic carbocycles. The predicted octanol–water partition coefficient (Wildman–Crippen LogP) is 1.69.